The summed E-state index contributed by atoms with van der Waals surface area (Å²) < 4.78 is 43.9. The standard InChI is InChI=1S/C20H24F3N3O2/c1-4-24-19(25-12-15-11-17(28-3)8-9-18(15)27)26-13(2)14-6-5-7-16(10-14)20(21,22)23/h5-11,13,27H,4,12H2,1-3H3,(H2,24,25,26). The minimum atomic E-state index is -4.39. The number of hydrogen-bond donors (Lipinski definition) is 3. The summed E-state index contributed by atoms with van der Waals surface area (Å²) in [5.41, 5.74) is 0.370. The van der Waals surface area contributed by atoms with Gasteiger partial charge in [-0.3, -0.25) is 0 Å². The average molecular weight is 395 g/mol. The van der Waals surface area contributed by atoms with E-state index in [1.54, 1.807) is 25.1 Å². The van der Waals surface area contributed by atoms with Crippen LogP contribution in [0.25, 0.3) is 0 Å². The van der Waals surface area contributed by atoms with Crippen molar-refractivity contribution < 1.29 is 23.0 Å². The molecule has 0 aliphatic carbocycles. The maximum absolute atomic E-state index is 12.9. The Morgan fingerprint density at radius 2 is 1.96 bits per heavy atom. The first-order chi connectivity index (χ1) is 13.2. The fourth-order valence-electron chi connectivity index (χ4n) is 2.57. The van der Waals surface area contributed by atoms with E-state index in [-0.39, 0.29) is 12.3 Å². The van der Waals surface area contributed by atoms with E-state index in [4.69, 9.17) is 4.74 Å². The molecule has 0 aromatic heterocycles. The van der Waals surface area contributed by atoms with Gasteiger partial charge in [0.25, 0.3) is 0 Å². The van der Waals surface area contributed by atoms with Gasteiger partial charge in [-0.05, 0) is 49.7 Å². The topological polar surface area (TPSA) is 65.9 Å². The third-order valence-electron chi connectivity index (χ3n) is 4.11. The number of rotatable bonds is 6. The number of methoxy groups -OCH3 is 1. The molecule has 0 saturated carbocycles. The molecule has 0 amide bonds. The molecule has 5 nitrogen and oxygen atoms in total. The number of nitrogens with zero attached hydrogens (tertiary/aromatic N) is 1. The molecule has 0 radical (unpaired) electrons. The second kappa shape index (κ2) is 9.34. The lowest BCUT2D eigenvalue weighted by molar-refractivity contribution is -0.137. The number of nitrogens with one attached hydrogen (secondary N) is 2. The van der Waals surface area contributed by atoms with Gasteiger partial charge in [0, 0.05) is 12.1 Å². The summed E-state index contributed by atoms with van der Waals surface area (Å²) in [6.07, 6.45) is -4.39. The Morgan fingerprint density at radius 3 is 2.61 bits per heavy atom. The van der Waals surface area contributed by atoms with Crippen LogP contribution in [0.3, 0.4) is 0 Å². The monoisotopic (exact) mass is 395 g/mol. The van der Waals surface area contributed by atoms with Crippen molar-refractivity contribution in [2.75, 3.05) is 13.7 Å². The third kappa shape index (κ3) is 5.80. The van der Waals surface area contributed by atoms with E-state index in [9.17, 15) is 18.3 Å². The van der Waals surface area contributed by atoms with E-state index in [2.05, 4.69) is 15.6 Å². The van der Waals surface area contributed by atoms with E-state index in [1.165, 1.54) is 19.2 Å². The Bertz CT molecular complexity index is 823. The number of aromatic hydroxyl groups is 1. The van der Waals surface area contributed by atoms with Gasteiger partial charge in [-0.2, -0.15) is 13.2 Å². The van der Waals surface area contributed by atoms with Crippen molar-refractivity contribution >= 4 is 5.96 Å². The summed E-state index contributed by atoms with van der Waals surface area (Å²) in [7, 11) is 1.53. The Hall–Kier alpha value is -2.90. The summed E-state index contributed by atoms with van der Waals surface area (Å²) in [6.45, 7) is 4.39. The van der Waals surface area contributed by atoms with Gasteiger partial charge in [-0.15, -0.1) is 0 Å². The van der Waals surface area contributed by atoms with Crippen molar-refractivity contribution in [2.24, 2.45) is 4.99 Å². The maximum atomic E-state index is 12.9. The lowest BCUT2D eigenvalue weighted by atomic mass is 10.1. The normalized spacial score (nSPS) is 13.1. The predicted octanol–water partition coefficient (Wildman–Crippen LogP) is 4.24. The molecule has 0 fully saturated rings. The molecule has 0 heterocycles. The van der Waals surface area contributed by atoms with E-state index in [0.717, 1.165) is 12.1 Å². The van der Waals surface area contributed by atoms with Gasteiger partial charge < -0.3 is 20.5 Å². The molecular weight excluding hydrogens is 371 g/mol. The van der Waals surface area contributed by atoms with Crippen molar-refractivity contribution in [3.8, 4) is 11.5 Å². The number of aliphatic imine (C=N–C) groups is 1. The fourth-order valence-corrected chi connectivity index (χ4v) is 2.57. The number of hydrogen-bond acceptors (Lipinski definition) is 3. The van der Waals surface area contributed by atoms with Crippen LogP contribution in [0.1, 0.15) is 36.6 Å². The largest absolute Gasteiger partial charge is 0.508 e. The summed E-state index contributed by atoms with van der Waals surface area (Å²) in [6, 6.07) is 9.62. The lowest BCUT2D eigenvalue weighted by Gasteiger charge is -2.19. The second-order valence-electron chi connectivity index (χ2n) is 6.18. The highest BCUT2D eigenvalue weighted by atomic mass is 19.4. The quantitative estimate of drug-likeness (QED) is 0.506. The minimum absolute atomic E-state index is 0.0892. The summed E-state index contributed by atoms with van der Waals surface area (Å²) >= 11 is 0. The zero-order valence-corrected chi connectivity index (χ0v) is 16.0. The van der Waals surface area contributed by atoms with Crippen LogP contribution in [0.5, 0.6) is 11.5 Å². The van der Waals surface area contributed by atoms with E-state index < -0.39 is 17.8 Å². The number of ether oxygens (including phenoxy) is 1. The first kappa shape index (κ1) is 21.4. The molecule has 152 valence electrons. The molecule has 28 heavy (non-hydrogen) atoms. The van der Waals surface area contributed by atoms with E-state index in [1.807, 2.05) is 6.92 Å². The molecular formula is C20H24F3N3O2. The molecule has 0 bridgehead atoms. The number of alkyl halides is 3. The summed E-state index contributed by atoms with van der Waals surface area (Å²) in [5.74, 6) is 1.11. The Morgan fingerprint density at radius 1 is 1.21 bits per heavy atom. The van der Waals surface area contributed by atoms with Gasteiger partial charge >= 0.3 is 6.18 Å². The molecule has 1 atom stereocenters. The highest BCUT2D eigenvalue weighted by molar-refractivity contribution is 5.80. The summed E-state index contributed by atoms with van der Waals surface area (Å²) in [5, 5.41) is 16.1. The molecule has 0 saturated heterocycles. The second-order valence-corrected chi connectivity index (χ2v) is 6.18. The SMILES string of the molecule is CCNC(=NCc1cc(OC)ccc1O)NC(C)c1cccc(C(F)(F)F)c1. The van der Waals surface area contributed by atoms with Crippen LogP contribution in [0.15, 0.2) is 47.5 Å². The molecule has 8 heteroatoms. The van der Waals surface area contributed by atoms with Gasteiger partial charge in [0.15, 0.2) is 5.96 Å². The van der Waals surface area contributed by atoms with Gasteiger partial charge in [0.1, 0.15) is 11.5 Å². The van der Waals surface area contributed by atoms with Crippen LogP contribution >= 0.6 is 0 Å². The van der Waals surface area contributed by atoms with E-state index in [0.29, 0.717) is 29.4 Å². The number of halogens is 3. The fraction of sp³-hybridized carbons (Fsp3) is 0.350. The maximum Gasteiger partial charge on any atom is 0.416 e. The zero-order chi connectivity index (χ0) is 20.7. The van der Waals surface area contributed by atoms with Crippen LogP contribution in [0.4, 0.5) is 13.2 Å². The van der Waals surface area contributed by atoms with Crippen LogP contribution < -0.4 is 15.4 Å². The molecule has 2 aromatic carbocycles. The van der Waals surface area contributed by atoms with Gasteiger partial charge in [0.05, 0.1) is 25.3 Å². The zero-order valence-electron chi connectivity index (χ0n) is 16.0. The lowest BCUT2D eigenvalue weighted by Crippen LogP contribution is -2.38. The van der Waals surface area contributed by atoms with Crippen molar-refractivity contribution in [1.82, 2.24) is 10.6 Å². The number of benzene rings is 2. The van der Waals surface area contributed by atoms with E-state index >= 15 is 0 Å². The molecule has 0 aliphatic heterocycles. The van der Waals surface area contributed by atoms with Gasteiger partial charge in [-0.1, -0.05) is 12.1 Å². The number of phenolic OH excluding ortho intramolecular Hbond substituents is 1. The number of guanidine groups is 1. The Kier molecular flexibility index (Phi) is 7.14. The summed E-state index contributed by atoms with van der Waals surface area (Å²) in [4.78, 5) is 4.41. The molecule has 3 N–H and O–H groups in total. The first-order valence-corrected chi connectivity index (χ1v) is 8.82. The van der Waals surface area contributed by atoms with Crippen LogP contribution in [0.2, 0.25) is 0 Å². The van der Waals surface area contributed by atoms with Crippen LogP contribution in [0, 0.1) is 0 Å². The van der Waals surface area contributed by atoms with Crippen molar-refractivity contribution in [3.05, 3.63) is 59.2 Å². The molecule has 2 aromatic rings. The number of phenols is 1. The van der Waals surface area contributed by atoms with Gasteiger partial charge in [0.2, 0.25) is 0 Å². The average Bonchev–Trinajstić information content (AvgIpc) is 2.66. The molecule has 0 aliphatic rings. The predicted molar refractivity (Wildman–Crippen MR) is 102 cm³/mol. The minimum Gasteiger partial charge on any atom is -0.508 e. The van der Waals surface area contributed by atoms with Crippen LogP contribution in [-0.4, -0.2) is 24.7 Å². The highest BCUT2D eigenvalue weighted by Crippen LogP contribution is 2.30. The van der Waals surface area contributed by atoms with Crippen LogP contribution in [-0.2, 0) is 12.7 Å². The van der Waals surface area contributed by atoms with Crippen molar-refractivity contribution in [1.29, 1.82) is 0 Å². The third-order valence-corrected chi connectivity index (χ3v) is 4.11. The Labute approximate surface area is 162 Å². The van der Waals surface area contributed by atoms with Crippen molar-refractivity contribution in [2.45, 2.75) is 32.6 Å². The first-order valence-electron chi connectivity index (χ1n) is 8.82. The Balaban J connectivity index is 2.17. The smallest absolute Gasteiger partial charge is 0.416 e. The highest BCUT2D eigenvalue weighted by Gasteiger charge is 2.30. The molecule has 0 spiro atoms. The van der Waals surface area contributed by atoms with Crippen molar-refractivity contribution in [3.63, 3.8) is 0 Å². The molecule has 1 unspecified atom stereocenters. The molecule has 2 rings (SSSR count). The van der Waals surface area contributed by atoms with Gasteiger partial charge in [-0.25, -0.2) is 4.99 Å².